The second-order valence-electron chi connectivity index (χ2n) is 6.39. The van der Waals surface area contributed by atoms with Gasteiger partial charge in [-0.15, -0.1) is 0 Å². The molecule has 0 spiro atoms. The highest BCUT2D eigenvalue weighted by Gasteiger charge is 2.45. The lowest BCUT2D eigenvalue weighted by atomic mass is 9.95. The van der Waals surface area contributed by atoms with Gasteiger partial charge in [0.25, 0.3) is 11.7 Å². The Hall–Kier alpha value is -2.54. The van der Waals surface area contributed by atoms with Crippen LogP contribution in [-0.2, 0) is 14.3 Å². The molecular formula is C21H19Cl2NO5. The first-order valence-electron chi connectivity index (χ1n) is 8.75. The van der Waals surface area contributed by atoms with Crippen molar-refractivity contribution >= 4 is 40.7 Å². The molecule has 1 aliphatic rings. The minimum atomic E-state index is -0.775. The third-order valence-electron chi connectivity index (χ3n) is 4.69. The number of hydrogen-bond acceptors (Lipinski definition) is 5. The number of rotatable bonds is 6. The maximum Gasteiger partial charge on any atom is 0.295 e. The van der Waals surface area contributed by atoms with Crippen LogP contribution in [0.2, 0.25) is 10.0 Å². The SMILES string of the molecule is COCCN1C(=O)C(=O)/C(=C(\O)c2ccc(OC)c(Cl)c2)C1c1ccc(Cl)cc1. The van der Waals surface area contributed by atoms with Gasteiger partial charge in [0.05, 0.1) is 30.4 Å². The van der Waals surface area contributed by atoms with Crippen LogP contribution >= 0.6 is 23.2 Å². The molecule has 1 atom stereocenters. The number of carbonyl (C=O) groups is 2. The van der Waals surface area contributed by atoms with Gasteiger partial charge in [0.15, 0.2) is 0 Å². The monoisotopic (exact) mass is 435 g/mol. The number of Topliss-reactive ketones (excluding diaryl/α,β-unsaturated/α-hetero) is 1. The summed E-state index contributed by atoms with van der Waals surface area (Å²) in [6.45, 7) is 0.431. The molecule has 1 unspecified atom stereocenters. The Morgan fingerprint density at radius 1 is 1.10 bits per heavy atom. The zero-order valence-electron chi connectivity index (χ0n) is 15.8. The van der Waals surface area contributed by atoms with E-state index in [2.05, 4.69) is 0 Å². The molecule has 152 valence electrons. The summed E-state index contributed by atoms with van der Waals surface area (Å²) in [4.78, 5) is 26.9. The second kappa shape index (κ2) is 8.86. The van der Waals surface area contributed by atoms with Crippen LogP contribution in [0.3, 0.4) is 0 Å². The van der Waals surface area contributed by atoms with Crippen molar-refractivity contribution in [2.75, 3.05) is 27.4 Å². The van der Waals surface area contributed by atoms with Crippen molar-refractivity contribution in [3.63, 3.8) is 0 Å². The number of nitrogens with zero attached hydrogens (tertiary/aromatic N) is 1. The van der Waals surface area contributed by atoms with E-state index in [1.165, 1.54) is 25.2 Å². The summed E-state index contributed by atoms with van der Waals surface area (Å²) >= 11 is 12.1. The number of aliphatic hydroxyl groups excluding tert-OH is 1. The third-order valence-corrected chi connectivity index (χ3v) is 5.23. The van der Waals surface area contributed by atoms with Gasteiger partial charge in [0, 0.05) is 24.2 Å². The van der Waals surface area contributed by atoms with Gasteiger partial charge in [-0.2, -0.15) is 0 Å². The molecule has 0 aromatic heterocycles. The lowest BCUT2D eigenvalue weighted by Crippen LogP contribution is -2.32. The molecule has 1 aliphatic heterocycles. The van der Waals surface area contributed by atoms with Gasteiger partial charge in [-0.1, -0.05) is 35.3 Å². The summed E-state index contributed by atoms with van der Waals surface area (Å²) in [7, 11) is 2.98. The second-order valence-corrected chi connectivity index (χ2v) is 7.23. The van der Waals surface area contributed by atoms with Crippen molar-refractivity contribution in [2.45, 2.75) is 6.04 Å². The van der Waals surface area contributed by atoms with Crippen LogP contribution in [0.25, 0.3) is 5.76 Å². The highest BCUT2D eigenvalue weighted by Crippen LogP contribution is 2.40. The number of ketones is 1. The van der Waals surface area contributed by atoms with Crippen LogP contribution in [0.5, 0.6) is 5.75 Å². The van der Waals surface area contributed by atoms with E-state index in [1.54, 1.807) is 36.4 Å². The van der Waals surface area contributed by atoms with E-state index >= 15 is 0 Å². The van der Waals surface area contributed by atoms with Crippen LogP contribution in [0.4, 0.5) is 0 Å². The quantitative estimate of drug-likeness (QED) is 0.420. The number of benzene rings is 2. The van der Waals surface area contributed by atoms with Crippen LogP contribution in [-0.4, -0.2) is 49.1 Å². The Balaban J connectivity index is 2.15. The van der Waals surface area contributed by atoms with Crippen molar-refractivity contribution in [2.24, 2.45) is 0 Å². The van der Waals surface area contributed by atoms with Gasteiger partial charge >= 0.3 is 0 Å². The van der Waals surface area contributed by atoms with Crippen LogP contribution in [0.1, 0.15) is 17.2 Å². The molecule has 2 aromatic rings. The summed E-state index contributed by atoms with van der Waals surface area (Å²) in [6.07, 6.45) is 0. The molecule has 2 aromatic carbocycles. The van der Waals surface area contributed by atoms with Crippen LogP contribution in [0, 0.1) is 0 Å². The Kier molecular flexibility index (Phi) is 6.47. The Labute approximate surface area is 178 Å². The highest BCUT2D eigenvalue weighted by atomic mass is 35.5. The third kappa shape index (κ3) is 4.10. The van der Waals surface area contributed by atoms with Gasteiger partial charge in [0.1, 0.15) is 11.5 Å². The van der Waals surface area contributed by atoms with Crippen LogP contribution in [0.15, 0.2) is 48.0 Å². The van der Waals surface area contributed by atoms with Crippen molar-refractivity contribution in [3.05, 3.63) is 69.2 Å². The van der Waals surface area contributed by atoms with Gasteiger partial charge in [0.2, 0.25) is 0 Å². The Morgan fingerprint density at radius 3 is 2.38 bits per heavy atom. The zero-order valence-corrected chi connectivity index (χ0v) is 17.3. The first kappa shape index (κ1) is 21.2. The topological polar surface area (TPSA) is 76.1 Å². The number of ether oxygens (including phenoxy) is 2. The van der Waals surface area contributed by atoms with Crippen molar-refractivity contribution in [1.82, 2.24) is 4.90 Å². The van der Waals surface area contributed by atoms with E-state index < -0.39 is 17.7 Å². The number of amides is 1. The maximum absolute atomic E-state index is 12.8. The molecule has 0 saturated carbocycles. The number of hydrogen-bond donors (Lipinski definition) is 1. The molecule has 1 fully saturated rings. The Bertz CT molecular complexity index is 972. The number of aliphatic hydroxyl groups is 1. The standard InChI is InChI=1S/C21H19Cl2NO5/c1-28-10-9-24-18(12-3-6-14(22)7-4-12)17(20(26)21(24)27)19(25)13-5-8-16(29-2)15(23)11-13/h3-8,11,18,25H,9-10H2,1-2H3/b19-17-. The number of methoxy groups -OCH3 is 2. The van der Waals surface area contributed by atoms with Crippen molar-refractivity contribution in [3.8, 4) is 5.75 Å². The molecule has 1 heterocycles. The predicted molar refractivity (Wildman–Crippen MR) is 110 cm³/mol. The predicted octanol–water partition coefficient (Wildman–Crippen LogP) is 4.07. The van der Waals surface area contributed by atoms with E-state index in [9.17, 15) is 14.7 Å². The highest BCUT2D eigenvalue weighted by molar-refractivity contribution is 6.46. The average molecular weight is 436 g/mol. The largest absolute Gasteiger partial charge is 0.507 e. The number of carbonyl (C=O) groups excluding carboxylic acids is 2. The van der Waals surface area contributed by atoms with E-state index in [0.717, 1.165) is 0 Å². The first-order valence-corrected chi connectivity index (χ1v) is 9.51. The molecule has 29 heavy (non-hydrogen) atoms. The fourth-order valence-electron chi connectivity index (χ4n) is 3.26. The first-order chi connectivity index (χ1) is 13.9. The fourth-order valence-corrected chi connectivity index (χ4v) is 3.64. The maximum atomic E-state index is 12.8. The summed E-state index contributed by atoms with van der Waals surface area (Å²) < 4.78 is 10.2. The molecule has 3 rings (SSSR count). The van der Waals surface area contributed by atoms with Gasteiger partial charge < -0.3 is 19.5 Å². The molecule has 0 aliphatic carbocycles. The fraction of sp³-hybridized carbons (Fsp3) is 0.238. The summed E-state index contributed by atoms with van der Waals surface area (Å²) in [6, 6.07) is 10.6. The van der Waals surface area contributed by atoms with Crippen LogP contribution < -0.4 is 4.74 Å². The van der Waals surface area contributed by atoms with Crippen molar-refractivity contribution < 1.29 is 24.2 Å². The molecule has 6 nitrogen and oxygen atoms in total. The van der Waals surface area contributed by atoms with E-state index in [1.807, 2.05) is 0 Å². The molecule has 0 bridgehead atoms. The minimum absolute atomic E-state index is 0.0188. The van der Waals surface area contributed by atoms with E-state index in [4.69, 9.17) is 32.7 Å². The summed E-state index contributed by atoms with van der Waals surface area (Å²) in [5.74, 6) is -1.36. The average Bonchev–Trinajstić information content (AvgIpc) is 2.96. The van der Waals surface area contributed by atoms with E-state index in [-0.39, 0.29) is 29.5 Å². The molecule has 8 heteroatoms. The van der Waals surface area contributed by atoms with E-state index in [0.29, 0.717) is 21.9 Å². The minimum Gasteiger partial charge on any atom is -0.507 e. The summed E-state index contributed by atoms with van der Waals surface area (Å²) in [5.41, 5.74) is 0.931. The molecule has 1 amide bonds. The van der Waals surface area contributed by atoms with Gasteiger partial charge in [-0.3, -0.25) is 9.59 Å². The molecular weight excluding hydrogens is 417 g/mol. The number of likely N-dealkylation sites (tertiary alicyclic amines) is 1. The Morgan fingerprint density at radius 2 is 1.79 bits per heavy atom. The number of halogens is 2. The molecule has 1 saturated heterocycles. The summed E-state index contributed by atoms with van der Waals surface area (Å²) in [5, 5.41) is 11.7. The lowest BCUT2D eigenvalue weighted by Gasteiger charge is -2.25. The normalized spacial score (nSPS) is 18.3. The van der Waals surface area contributed by atoms with Gasteiger partial charge in [-0.25, -0.2) is 0 Å². The zero-order chi connectivity index (χ0) is 21.1. The molecule has 0 radical (unpaired) electrons. The molecule has 1 N–H and O–H groups in total. The van der Waals surface area contributed by atoms with Crippen molar-refractivity contribution in [1.29, 1.82) is 0 Å². The lowest BCUT2D eigenvalue weighted by molar-refractivity contribution is -0.140. The smallest absolute Gasteiger partial charge is 0.295 e. The van der Waals surface area contributed by atoms with Gasteiger partial charge in [-0.05, 0) is 35.9 Å².